The van der Waals surface area contributed by atoms with Crippen molar-refractivity contribution in [3.8, 4) is 0 Å². The Hall–Kier alpha value is -0.380. The number of hydrogen-bond donors (Lipinski definition) is 3. The van der Waals surface area contributed by atoms with Crippen LogP contribution in [0.25, 0.3) is 0 Å². The van der Waals surface area contributed by atoms with Crippen LogP contribution in [0, 0.1) is 28.1 Å². The van der Waals surface area contributed by atoms with Gasteiger partial charge in [0.05, 0.1) is 18.8 Å². The van der Waals surface area contributed by atoms with E-state index in [1.807, 2.05) is 0 Å². The molecule has 3 rings (SSSR count). The number of allylic oxidation sites excluding steroid dienone is 2. The molecule has 3 heteroatoms. The van der Waals surface area contributed by atoms with E-state index in [0.717, 1.165) is 38.5 Å². The Kier molecular flexibility index (Phi) is 4.23. The summed E-state index contributed by atoms with van der Waals surface area (Å²) in [5, 5.41) is 30.1. The lowest BCUT2D eigenvalue weighted by Crippen LogP contribution is -2.55. The third kappa shape index (κ3) is 2.51. The fourth-order valence-corrected chi connectivity index (χ4v) is 6.15. The zero-order valence-electron chi connectivity index (χ0n) is 15.2. The van der Waals surface area contributed by atoms with Gasteiger partial charge in [0, 0.05) is 0 Å². The topological polar surface area (TPSA) is 60.7 Å². The van der Waals surface area contributed by atoms with Crippen molar-refractivity contribution in [1.82, 2.24) is 0 Å². The van der Waals surface area contributed by atoms with Gasteiger partial charge in [0.1, 0.15) is 0 Å². The molecule has 0 radical (unpaired) electrons. The van der Waals surface area contributed by atoms with Crippen LogP contribution >= 0.6 is 0 Å². The van der Waals surface area contributed by atoms with Gasteiger partial charge in [0.2, 0.25) is 0 Å². The molecule has 2 fully saturated rings. The fraction of sp³-hybridized carbons (Fsp3) is 0.900. The molecule has 3 aliphatic rings. The highest BCUT2D eigenvalue weighted by molar-refractivity contribution is 5.24. The molecule has 6 atom stereocenters. The minimum Gasteiger partial charge on any atom is -0.394 e. The van der Waals surface area contributed by atoms with E-state index in [0.29, 0.717) is 11.8 Å². The SMILES string of the molecule is CC1(C)[C@H]2CC=C3C[C@@](C)(C(O)CO)CC[C@H]3[C@]2(C)CC[C@@H]1O. The summed E-state index contributed by atoms with van der Waals surface area (Å²) >= 11 is 0. The highest BCUT2D eigenvalue weighted by atomic mass is 16.3. The Balaban J connectivity index is 1.90. The number of aliphatic hydroxyl groups excluding tert-OH is 3. The zero-order chi connectivity index (χ0) is 17.0. The third-order valence-electron chi connectivity index (χ3n) is 7.96. The predicted octanol–water partition coefficient (Wildman–Crippen LogP) is 3.28. The molecule has 0 aromatic carbocycles. The number of rotatable bonds is 2. The van der Waals surface area contributed by atoms with E-state index in [-0.39, 0.29) is 29.0 Å². The standard InChI is InChI=1S/C20H34O3/c1-18(2)15-6-5-13-11-19(3,17(23)12-21)9-7-14(13)20(15,4)10-8-16(18)22/h5,14-17,21-23H,6-12H2,1-4H3/t14-,15-,16+,17?,19+,20+/m1/s1. The molecule has 3 aliphatic carbocycles. The van der Waals surface area contributed by atoms with Gasteiger partial charge in [0.15, 0.2) is 0 Å². The molecular weight excluding hydrogens is 288 g/mol. The number of aliphatic hydroxyl groups is 3. The van der Waals surface area contributed by atoms with E-state index in [1.165, 1.54) is 5.57 Å². The molecule has 0 saturated heterocycles. The molecule has 3 N–H and O–H groups in total. The second kappa shape index (κ2) is 5.57. The quantitative estimate of drug-likeness (QED) is 0.684. The predicted molar refractivity (Wildman–Crippen MR) is 91.9 cm³/mol. The van der Waals surface area contributed by atoms with Crippen molar-refractivity contribution in [3.05, 3.63) is 11.6 Å². The second-order valence-corrected chi connectivity index (χ2v) is 9.57. The molecule has 2 saturated carbocycles. The lowest BCUT2D eigenvalue weighted by atomic mass is 9.45. The van der Waals surface area contributed by atoms with Gasteiger partial charge < -0.3 is 15.3 Å². The van der Waals surface area contributed by atoms with E-state index >= 15 is 0 Å². The first-order valence-electron chi connectivity index (χ1n) is 9.31. The third-order valence-corrected chi connectivity index (χ3v) is 7.96. The minimum atomic E-state index is -0.625. The molecule has 0 aromatic heterocycles. The summed E-state index contributed by atoms with van der Waals surface area (Å²) in [5.74, 6) is 1.10. The maximum absolute atomic E-state index is 10.5. The molecule has 0 bridgehead atoms. The van der Waals surface area contributed by atoms with Gasteiger partial charge in [0.25, 0.3) is 0 Å². The Morgan fingerprint density at radius 3 is 2.52 bits per heavy atom. The molecule has 23 heavy (non-hydrogen) atoms. The van der Waals surface area contributed by atoms with Crippen LogP contribution in [0.15, 0.2) is 11.6 Å². The largest absolute Gasteiger partial charge is 0.394 e. The fourth-order valence-electron chi connectivity index (χ4n) is 6.15. The molecule has 0 amide bonds. The van der Waals surface area contributed by atoms with Gasteiger partial charge in [-0.3, -0.25) is 0 Å². The van der Waals surface area contributed by atoms with Crippen molar-refractivity contribution in [2.24, 2.45) is 28.1 Å². The van der Waals surface area contributed by atoms with Crippen molar-refractivity contribution >= 4 is 0 Å². The van der Waals surface area contributed by atoms with E-state index < -0.39 is 6.10 Å². The minimum absolute atomic E-state index is 0.0274. The van der Waals surface area contributed by atoms with Crippen LogP contribution in [-0.4, -0.2) is 34.1 Å². The lowest BCUT2D eigenvalue weighted by molar-refractivity contribution is -0.125. The van der Waals surface area contributed by atoms with Crippen molar-refractivity contribution in [1.29, 1.82) is 0 Å². The summed E-state index contributed by atoms with van der Waals surface area (Å²) in [4.78, 5) is 0. The van der Waals surface area contributed by atoms with Crippen LogP contribution in [-0.2, 0) is 0 Å². The van der Waals surface area contributed by atoms with Crippen molar-refractivity contribution in [2.75, 3.05) is 6.61 Å². The van der Waals surface area contributed by atoms with Gasteiger partial charge in [-0.15, -0.1) is 0 Å². The van der Waals surface area contributed by atoms with Gasteiger partial charge in [-0.1, -0.05) is 39.3 Å². The molecular formula is C20H34O3. The molecule has 0 spiro atoms. The molecule has 0 aliphatic heterocycles. The maximum Gasteiger partial charge on any atom is 0.0827 e. The van der Waals surface area contributed by atoms with Crippen molar-refractivity contribution in [3.63, 3.8) is 0 Å². The summed E-state index contributed by atoms with van der Waals surface area (Å²) in [5.41, 5.74) is 1.54. The summed E-state index contributed by atoms with van der Waals surface area (Å²) < 4.78 is 0. The molecule has 0 aromatic rings. The smallest absolute Gasteiger partial charge is 0.0827 e. The molecule has 3 nitrogen and oxygen atoms in total. The highest BCUT2D eigenvalue weighted by Crippen LogP contribution is 2.63. The Bertz CT molecular complexity index is 497. The van der Waals surface area contributed by atoms with Gasteiger partial charge in [-0.05, 0) is 66.6 Å². The second-order valence-electron chi connectivity index (χ2n) is 9.57. The summed E-state index contributed by atoms with van der Waals surface area (Å²) in [6.45, 7) is 8.89. The molecule has 1 unspecified atom stereocenters. The van der Waals surface area contributed by atoms with Crippen LogP contribution in [0.3, 0.4) is 0 Å². The van der Waals surface area contributed by atoms with Crippen molar-refractivity contribution < 1.29 is 15.3 Å². The van der Waals surface area contributed by atoms with Gasteiger partial charge >= 0.3 is 0 Å². The normalized spacial score (nSPS) is 47.3. The van der Waals surface area contributed by atoms with Crippen LogP contribution in [0.1, 0.15) is 66.2 Å². The van der Waals surface area contributed by atoms with Crippen molar-refractivity contribution in [2.45, 2.75) is 78.4 Å². The van der Waals surface area contributed by atoms with Gasteiger partial charge in [-0.25, -0.2) is 0 Å². The zero-order valence-corrected chi connectivity index (χ0v) is 15.2. The summed E-state index contributed by atoms with van der Waals surface area (Å²) in [6, 6.07) is 0. The average molecular weight is 322 g/mol. The first-order valence-corrected chi connectivity index (χ1v) is 9.31. The first kappa shape index (κ1) is 17.4. The van der Waals surface area contributed by atoms with E-state index in [9.17, 15) is 15.3 Å². The van der Waals surface area contributed by atoms with Crippen LogP contribution < -0.4 is 0 Å². The van der Waals surface area contributed by atoms with E-state index in [2.05, 4.69) is 33.8 Å². The number of hydrogen-bond acceptors (Lipinski definition) is 3. The van der Waals surface area contributed by atoms with Crippen LogP contribution in [0.2, 0.25) is 0 Å². The number of fused-ring (bicyclic) bond motifs is 3. The Morgan fingerprint density at radius 1 is 1.17 bits per heavy atom. The summed E-state index contributed by atoms with van der Waals surface area (Å²) in [7, 11) is 0. The van der Waals surface area contributed by atoms with E-state index in [1.54, 1.807) is 0 Å². The summed E-state index contributed by atoms with van der Waals surface area (Å²) in [6.07, 6.45) is 7.60. The monoisotopic (exact) mass is 322 g/mol. The lowest BCUT2D eigenvalue weighted by Gasteiger charge is -2.60. The highest BCUT2D eigenvalue weighted by Gasteiger charge is 2.57. The molecule has 0 heterocycles. The Labute approximate surface area is 140 Å². The first-order chi connectivity index (χ1) is 10.6. The Morgan fingerprint density at radius 2 is 1.87 bits per heavy atom. The van der Waals surface area contributed by atoms with Crippen LogP contribution in [0.5, 0.6) is 0 Å². The van der Waals surface area contributed by atoms with Gasteiger partial charge in [-0.2, -0.15) is 0 Å². The van der Waals surface area contributed by atoms with E-state index in [4.69, 9.17) is 0 Å². The van der Waals surface area contributed by atoms with Crippen LogP contribution in [0.4, 0.5) is 0 Å². The molecule has 132 valence electrons. The average Bonchev–Trinajstić information content (AvgIpc) is 2.50. The maximum atomic E-state index is 10.5.